The number of nitrogens with two attached hydrogens (primary N) is 2. The van der Waals surface area contributed by atoms with Crippen LogP contribution in [0.3, 0.4) is 0 Å². The molecule has 1 heterocycles. The number of hydrogen-bond donors (Lipinski definition) is 3. The predicted molar refractivity (Wildman–Crippen MR) is 121 cm³/mol. The summed E-state index contributed by atoms with van der Waals surface area (Å²) in [5.41, 5.74) is 15.3. The second kappa shape index (κ2) is 10.5. The largest absolute Gasteiger partial charge is 0.494 e. The van der Waals surface area contributed by atoms with E-state index >= 15 is 0 Å². The molecule has 2 atom stereocenters. The first-order valence-electron chi connectivity index (χ1n) is 10.3. The molecule has 9 heteroatoms. The Morgan fingerprint density at radius 2 is 2.19 bits per heavy atom. The van der Waals surface area contributed by atoms with E-state index < -0.39 is 0 Å². The molecule has 0 bridgehead atoms. The van der Waals surface area contributed by atoms with Gasteiger partial charge in [0.05, 0.1) is 37.3 Å². The van der Waals surface area contributed by atoms with Gasteiger partial charge in [-0.2, -0.15) is 10.0 Å². The summed E-state index contributed by atoms with van der Waals surface area (Å²) in [7, 11) is 1.62. The summed E-state index contributed by atoms with van der Waals surface area (Å²) in [6, 6.07) is 6.12. The number of methoxy groups -OCH3 is 1. The van der Waals surface area contributed by atoms with E-state index in [2.05, 4.69) is 15.4 Å². The Morgan fingerprint density at radius 1 is 1.39 bits per heavy atom. The molecule has 0 spiro atoms. The van der Waals surface area contributed by atoms with Gasteiger partial charge in [0.15, 0.2) is 0 Å². The zero-order chi connectivity index (χ0) is 22.4. The number of anilines is 1. The number of ether oxygens (including phenoxy) is 1. The van der Waals surface area contributed by atoms with Crippen LogP contribution in [0.1, 0.15) is 38.6 Å². The third kappa shape index (κ3) is 5.51. The summed E-state index contributed by atoms with van der Waals surface area (Å²) in [5.74, 6) is 1.15. The average Bonchev–Trinajstić information content (AvgIpc) is 3.18. The molecule has 3 rings (SSSR count). The second-order valence-electron chi connectivity index (χ2n) is 7.71. The monoisotopic (exact) mass is 449 g/mol. The smallest absolute Gasteiger partial charge is 0.150 e. The highest BCUT2D eigenvalue weighted by molar-refractivity contribution is 6.29. The van der Waals surface area contributed by atoms with Crippen LogP contribution >= 0.6 is 11.6 Å². The summed E-state index contributed by atoms with van der Waals surface area (Å²) < 4.78 is 19.6. The van der Waals surface area contributed by atoms with Gasteiger partial charge in [0.25, 0.3) is 0 Å². The third-order valence-corrected chi connectivity index (χ3v) is 5.73. The number of rotatable bonds is 10. The van der Waals surface area contributed by atoms with Gasteiger partial charge >= 0.3 is 0 Å². The van der Waals surface area contributed by atoms with Crippen LogP contribution in [-0.4, -0.2) is 23.5 Å². The molecule has 0 aliphatic heterocycles. The van der Waals surface area contributed by atoms with E-state index in [0.29, 0.717) is 35.5 Å². The zero-order valence-electron chi connectivity index (χ0n) is 17.8. The summed E-state index contributed by atoms with van der Waals surface area (Å²) in [5, 5.41) is 7.96. The molecule has 2 aromatic rings. The minimum Gasteiger partial charge on any atom is -0.494 e. The molecule has 0 radical (unpaired) electrons. The van der Waals surface area contributed by atoms with E-state index in [1.54, 1.807) is 20.1 Å². The molecule has 0 amide bonds. The van der Waals surface area contributed by atoms with E-state index in [1.165, 1.54) is 0 Å². The molecule has 1 aliphatic carbocycles. The number of halogens is 2. The van der Waals surface area contributed by atoms with E-state index in [-0.39, 0.29) is 11.8 Å². The Balaban J connectivity index is 1.84. The maximum atomic E-state index is 11.9. The first-order chi connectivity index (χ1) is 14.9. The van der Waals surface area contributed by atoms with Crippen molar-refractivity contribution < 1.29 is 14.2 Å². The fourth-order valence-corrected chi connectivity index (χ4v) is 4.02. The maximum Gasteiger partial charge on any atom is 0.150 e. The lowest BCUT2D eigenvalue weighted by atomic mass is 9.77. The molecule has 0 saturated heterocycles. The lowest BCUT2D eigenvalue weighted by Crippen LogP contribution is -2.29. The van der Waals surface area contributed by atoms with Crippen molar-refractivity contribution in [2.75, 3.05) is 19.0 Å². The molecule has 1 fully saturated rings. The van der Waals surface area contributed by atoms with Crippen molar-refractivity contribution in [1.82, 2.24) is 9.78 Å². The molecule has 168 valence electrons. The Hall–Kier alpha value is -2.71. The quantitative estimate of drug-likeness (QED) is 0.273. The fourth-order valence-electron chi connectivity index (χ4n) is 3.91. The number of hydrogen-bond acceptors (Lipinski definition) is 6. The summed E-state index contributed by atoms with van der Waals surface area (Å²) in [4.78, 5) is 3.69. The summed E-state index contributed by atoms with van der Waals surface area (Å²) in [6.45, 7) is 1.90. The van der Waals surface area contributed by atoms with Gasteiger partial charge in [0.1, 0.15) is 10.9 Å². The van der Waals surface area contributed by atoms with Gasteiger partial charge in [-0.3, -0.25) is 4.68 Å². The van der Waals surface area contributed by atoms with Gasteiger partial charge in [-0.05, 0) is 55.2 Å². The van der Waals surface area contributed by atoms with E-state index in [4.69, 9.17) is 27.8 Å². The predicted octanol–water partition coefficient (Wildman–Crippen LogP) is 4.83. The molecule has 1 aliphatic rings. The van der Waals surface area contributed by atoms with Crippen molar-refractivity contribution in [3.8, 4) is 16.9 Å². The van der Waals surface area contributed by atoms with Gasteiger partial charge in [0.2, 0.25) is 0 Å². The van der Waals surface area contributed by atoms with E-state index in [9.17, 15) is 4.53 Å². The highest BCUT2D eigenvalue weighted by Crippen LogP contribution is 2.43. The molecule has 7 nitrogen and oxygen atoms in total. The normalized spacial score (nSPS) is 19.5. The molecular weight excluding hydrogens is 421 g/mol. The minimum absolute atomic E-state index is 0.122. The van der Waals surface area contributed by atoms with Crippen molar-refractivity contribution >= 4 is 17.3 Å². The van der Waals surface area contributed by atoms with Crippen LogP contribution in [0.5, 0.6) is 5.75 Å². The Bertz CT molecular complexity index is 951. The van der Waals surface area contributed by atoms with Crippen LogP contribution in [-0.2, 0) is 4.94 Å². The van der Waals surface area contributed by atoms with Crippen LogP contribution in [0.2, 0.25) is 0 Å². The molecule has 1 aromatic heterocycles. The van der Waals surface area contributed by atoms with Crippen LogP contribution in [0, 0.1) is 5.92 Å². The van der Waals surface area contributed by atoms with Gasteiger partial charge in [-0.1, -0.05) is 23.7 Å². The number of benzene rings is 1. The van der Waals surface area contributed by atoms with Crippen molar-refractivity contribution in [2.24, 2.45) is 17.4 Å². The number of para-hydroxylation sites is 1. The third-order valence-electron chi connectivity index (χ3n) is 5.62. The first-order valence-corrected chi connectivity index (χ1v) is 10.6. The number of allylic oxidation sites excluding steroid dienone is 2. The Kier molecular flexibility index (Phi) is 7.81. The Morgan fingerprint density at radius 3 is 2.81 bits per heavy atom. The second-order valence-corrected chi connectivity index (χ2v) is 8.14. The molecule has 1 saturated carbocycles. The van der Waals surface area contributed by atoms with Crippen molar-refractivity contribution in [3.05, 3.63) is 53.2 Å². The molecule has 0 unspecified atom stereocenters. The fraction of sp³-hybridized carbons (Fsp3) is 0.409. The molecule has 31 heavy (non-hydrogen) atoms. The summed E-state index contributed by atoms with van der Waals surface area (Å²) in [6.07, 6.45) is 9.26. The van der Waals surface area contributed by atoms with Gasteiger partial charge in [0, 0.05) is 23.0 Å². The number of nitrogens with one attached hydrogen (secondary N) is 1. The van der Waals surface area contributed by atoms with Crippen LogP contribution in [0.25, 0.3) is 11.1 Å². The van der Waals surface area contributed by atoms with Gasteiger partial charge < -0.3 is 21.5 Å². The maximum absolute atomic E-state index is 11.9. The highest BCUT2D eigenvalue weighted by atomic mass is 35.5. The van der Waals surface area contributed by atoms with Crippen molar-refractivity contribution in [1.29, 1.82) is 0 Å². The lowest BCUT2D eigenvalue weighted by molar-refractivity contribution is -0.134. The van der Waals surface area contributed by atoms with E-state index in [0.717, 1.165) is 36.1 Å². The first kappa shape index (κ1) is 23.0. The van der Waals surface area contributed by atoms with Crippen LogP contribution < -0.4 is 21.5 Å². The SMILES string of the molecule is COc1c(N/C(C=C(N)Cl)=C(\C)N)cccc1-c1cnn([C@@H]2CC[C@@H]2CCCOF)c1. The Labute approximate surface area is 186 Å². The topological polar surface area (TPSA) is 100 Å². The molecular formula is C22H29ClFN5O2. The molecule has 1 aromatic carbocycles. The lowest BCUT2D eigenvalue weighted by Gasteiger charge is -2.36. The number of nitrogens with zero attached hydrogens (tertiary/aromatic N) is 2. The van der Waals surface area contributed by atoms with Crippen molar-refractivity contribution in [3.63, 3.8) is 0 Å². The molecule has 5 N–H and O–H groups in total. The number of aromatic nitrogens is 2. The van der Waals surface area contributed by atoms with Crippen LogP contribution in [0.15, 0.2) is 53.2 Å². The van der Waals surface area contributed by atoms with Crippen molar-refractivity contribution in [2.45, 2.75) is 38.6 Å². The van der Waals surface area contributed by atoms with E-state index in [1.807, 2.05) is 35.3 Å². The minimum atomic E-state index is 0.122. The zero-order valence-corrected chi connectivity index (χ0v) is 18.5. The standard InChI is InChI=1S/C22H29ClFN5O2/c1-14(25)19(11-21(23)26)28-18-7-3-6-17(22(18)30-2)16-12-27-29(13-16)20-9-8-15(20)5-4-10-31-24/h3,6-7,11-13,15,20,28H,4-5,8-10,25-26H2,1-2H3/b19-14+,21-11?/t15-,20+/m0/s1. The van der Waals surface area contributed by atoms with Gasteiger partial charge in [-0.15, -0.1) is 0 Å². The summed E-state index contributed by atoms with van der Waals surface area (Å²) >= 11 is 5.83. The highest BCUT2D eigenvalue weighted by Gasteiger charge is 2.32. The van der Waals surface area contributed by atoms with Gasteiger partial charge in [-0.25, -0.2) is 0 Å². The average molecular weight is 450 g/mol. The van der Waals surface area contributed by atoms with Crippen LogP contribution in [0.4, 0.5) is 10.2 Å².